The number of aryl methyl sites for hydroxylation is 1. The highest BCUT2D eigenvalue weighted by Gasteiger charge is 2.23. The van der Waals surface area contributed by atoms with Gasteiger partial charge in [-0.05, 0) is 42.7 Å². The van der Waals surface area contributed by atoms with Gasteiger partial charge in [-0.15, -0.1) is 0 Å². The summed E-state index contributed by atoms with van der Waals surface area (Å²) in [6, 6.07) is 8.96. The van der Waals surface area contributed by atoms with Crippen molar-refractivity contribution in [2.24, 2.45) is 0 Å². The fraction of sp³-hybridized carbons (Fsp3) is 0.214. The number of nitrogens with zero attached hydrogens (tertiary/aromatic N) is 1. The van der Waals surface area contributed by atoms with E-state index >= 15 is 0 Å². The van der Waals surface area contributed by atoms with Crippen molar-refractivity contribution in [1.82, 2.24) is 4.98 Å². The second-order valence-corrected chi connectivity index (χ2v) is 4.82. The normalized spacial score (nSPS) is 17.6. The minimum Gasteiger partial charge on any atom is -0.377 e. The van der Waals surface area contributed by atoms with Crippen LogP contribution >= 0.6 is 11.6 Å². The number of anilines is 1. The highest BCUT2D eigenvalue weighted by molar-refractivity contribution is 6.30. The molecule has 1 unspecified atom stereocenters. The zero-order valence-electron chi connectivity index (χ0n) is 9.66. The van der Waals surface area contributed by atoms with Gasteiger partial charge in [0.2, 0.25) is 0 Å². The first-order valence-electron chi connectivity index (χ1n) is 5.89. The number of benzene rings is 1. The molecule has 92 valence electrons. The van der Waals surface area contributed by atoms with Crippen molar-refractivity contribution in [3.63, 3.8) is 0 Å². The maximum Gasteiger partial charge on any atom is 0.143 e. The Bertz CT molecular complexity index is 586. The summed E-state index contributed by atoms with van der Waals surface area (Å²) in [7, 11) is 0. The molecule has 0 bridgehead atoms. The van der Waals surface area contributed by atoms with Crippen LogP contribution in [-0.4, -0.2) is 4.98 Å². The molecule has 2 nitrogen and oxygen atoms in total. The first kappa shape index (κ1) is 11.5. The monoisotopic (exact) mass is 262 g/mol. The first-order valence-corrected chi connectivity index (χ1v) is 6.27. The number of aromatic nitrogens is 1. The van der Waals surface area contributed by atoms with Gasteiger partial charge < -0.3 is 5.32 Å². The van der Waals surface area contributed by atoms with Crippen molar-refractivity contribution < 1.29 is 4.39 Å². The van der Waals surface area contributed by atoms with Crippen LogP contribution in [0.25, 0.3) is 0 Å². The third kappa shape index (κ3) is 2.06. The van der Waals surface area contributed by atoms with E-state index in [9.17, 15) is 4.39 Å². The zero-order valence-corrected chi connectivity index (χ0v) is 10.4. The van der Waals surface area contributed by atoms with E-state index < -0.39 is 5.82 Å². The summed E-state index contributed by atoms with van der Waals surface area (Å²) in [5.41, 5.74) is 3.07. The van der Waals surface area contributed by atoms with E-state index in [-0.39, 0.29) is 11.1 Å². The molecule has 1 aromatic carbocycles. The van der Waals surface area contributed by atoms with Crippen LogP contribution in [0.5, 0.6) is 0 Å². The van der Waals surface area contributed by atoms with Crippen LogP contribution in [0, 0.1) is 5.82 Å². The van der Waals surface area contributed by atoms with Gasteiger partial charge in [-0.1, -0.05) is 17.7 Å². The zero-order chi connectivity index (χ0) is 12.5. The van der Waals surface area contributed by atoms with Crippen molar-refractivity contribution in [3.05, 3.63) is 58.6 Å². The van der Waals surface area contributed by atoms with Gasteiger partial charge in [-0.3, -0.25) is 4.98 Å². The predicted molar refractivity (Wildman–Crippen MR) is 70.3 cm³/mol. The summed E-state index contributed by atoms with van der Waals surface area (Å²) >= 11 is 5.66. The third-order valence-electron chi connectivity index (χ3n) is 3.22. The van der Waals surface area contributed by atoms with E-state index in [1.165, 1.54) is 11.6 Å². The molecule has 1 aliphatic rings. The Morgan fingerprint density at radius 2 is 2.22 bits per heavy atom. The van der Waals surface area contributed by atoms with E-state index in [1.807, 2.05) is 6.07 Å². The fourth-order valence-corrected chi connectivity index (χ4v) is 2.46. The minimum absolute atomic E-state index is 0.144. The van der Waals surface area contributed by atoms with Gasteiger partial charge in [-0.25, -0.2) is 4.39 Å². The van der Waals surface area contributed by atoms with Crippen molar-refractivity contribution in [1.29, 1.82) is 0 Å². The Kier molecular flexibility index (Phi) is 2.92. The van der Waals surface area contributed by atoms with E-state index in [0.29, 0.717) is 0 Å². The van der Waals surface area contributed by atoms with Crippen molar-refractivity contribution in [2.45, 2.75) is 18.9 Å². The lowest BCUT2D eigenvalue weighted by Gasteiger charge is -2.14. The highest BCUT2D eigenvalue weighted by atomic mass is 35.5. The van der Waals surface area contributed by atoms with Crippen LogP contribution in [-0.2, 0) is 6.42 Å². The molecule has 18 heavy (non-hydrogen) atoms. The van der Waals surface area contributed by atoms with Crippen LogP contribution in [0.2, 0.25) is 5.02 Å². The number of hydrogen-bond acceptors (Lipinski definition) is 2. The number of fused-ring (bicyclic) bond motifs is 1. The molecule has 3 rings (SSSR count). The predicted octanol–water partition coefficient (Wildman–Crippen LogP) is 3.97. The molecule has 1 atom stereocenters. The quantitative estimate of drug-likeness (QED) is 0.886. The van der Waals surface area contributed by atoms with Crippen molar-refractivity contribution in [3.8, 4) is 0 Å². The lowest BCUT2D eigenvalue weighted by Crippen LogP contribution is -2.08. The molecule has 0 saturated heterocycles. The van der Waals surface area contributed by atoms with Gasteiger partial charge >= 0.3 is 0 Å². The molecule has 1 heterocycles. The first-order chi connectivity index (χ1) is 8.74. The molecule has 0 aliphatic heterocycles. The van der Waals surface area contributed by atoms with E-state index in [2.05, 4.69) is 16.4 Å². The molecule has 0 radical (unpaired) electrons. The lowest BCUT2D eigenvalue weighted by atomic mass is 10.2. The number of rotatable bonds is 2. The van der Waals surface area contributed by atoms with Gasteiger partial charge in [0.15, 0.2) is 0 Å². The summed E-state index contributed by atoms with van der Waals surface area (Å²) in [5, 5.41) is 3.45. The maximum atomic E-state index is 13.4. The lowest BCUT2D eigenvalue weighted by molar-refractivity contribution is 0.628. The Labute approximate surface area is 110 Å². The van der Waals surface area contributed by atoms with Crippen LogP contribution in [0.1, 0.15) is 23.7 Å². The van der Waals surface area contributed by atoms with Crippen LogP contribution < -0.4 is 5.32 Å². The molecule has 1 aliphatic carbocycles. The summed E-state index contributed by atoms with van der Waals surface area (Å²) in [6.07, 6.45) is 3.79. The topological polar surface area (TPSA) is 24.9 Å². The van der Waals surface area contributed by atoms with Gasteiger partial charge in [0.25, 0.3) is 0 Å². The van der Waals surface area contributed by atoms with E-state index in [1.54, 1.807) is 18.3 Å². The SMILES string of the molecule is Fc1cc(NC2CCc3cccnc32)ccc1Cl. The molecule has 1 N–H and O–H groups in total. The van der Waals surface area contributed by atoms with E-state index in [4.69, 9.17) is 11.6 Å². The second kappa shape index (κ2) is 4.58. The molecule has 2 aromatic rings. The van der Waals surface area contributed by atoms with Crippen molar-refractivity contribution >= 4 is 17.3 Å². The van der Waals surface area contributed by atoms with Gasteiger partial charge in [0, 0.05) is 11.9 Å². The van der Waals surface area contributed by atoms with Crippen LogP contribution in [0.3, 0.4) is 0 Å². The molecule has 4 heteroatoms. The summed E-state index contributed by atoms with van der Waals surface area (Å²) in [6.45, 7) is 0. The summed E-state index contributed by atoms with van der Waals surface area (Å²) < 4.78 is 13.4. The fourth-order valence-electron chi connectivity index (χ4n) is 2.34. The van der Waals surface area contributed by atoms with Gasteiger partial charge in [0.1, 0.15) is 5.82 Å². The number of hydrogen-bond donors (Lipinski definition) is 1. The highest BCUT2D eigenvalue weighted by Crippen LogP contribution is 2.32. The minimum atomic E-state index is -0.402. The molecule has 0 saturated carbocycles. The van der Waals surface area contributed by atoms with Gasteiger partial charge in [-0.2, -0.15) is 0 Å². The standard InChI is InChI=1S/C14H12ClFN2/c15-11-5-4-10(8-12(11)16)18-13-6-3-9-2-1-7-17-14(9)13/h1-2,4-5,7-8,13,18H,3,6H2. The maximum absolute atomic E-state index is 13.4. The molecule has 1 aromatic heterocycles. The molecule has 0 fully saturated rings. The van der Waals surface area contributed by atoms with Crippen LogP contribution in [0.15, 0.2) is 36.5 Å². The van der Waals surface area contributed by atoms with Gasteiger partial charge in [0.05, 0.1) is 16.8 Å². The largest absolute Gasteiger partial charge is 0.377 e. The average Bonchev–Trinajstić information content (AvgIpc) is 2.78. The third-order valence-corrected chi connectivity index (χ3v) is 3.53. The molecule has 0 spiro atoms. The second-order valence-electron chi connectivity index (χ2n) is 4.41. The summed E-state index contributed by atoms with van der Waals surface area (Å²) in [5.74, 6) is -0.402. The number of pyridine rings is 1. The molecule has 0 amide bonds. The average molecular weight is 263 g/mol. The van der Waals surface area contributed by atoms with Crippen LogP contribution in [0.4, 0.5) is 10.1 Å². The number of nitrogens with one attached hydrogen (secondary N) is 1. The number of halogens is 2. The Morgan fingerprint density at radius 3 is 3.06 bits per heavy atom. The summed E-state index contributed by atoms with van der Waals surface area (Å²) in [4.78, 5) is 4.39. The molecular weight excluding hydrogens is 251 g/mol. The van der Waals surface area contributed by atoms with E-state index in [0.717, 1.165) is 24.2 Å². The smallest absolute Gasteiger partial charge is 0.143 e. The Morgan fingerprint density at radius 1 is 1.33 bits per heavy atom. The Balaban J connectivity index is 1.84. The molecular formula is C14H12ClFN2. The van der Waals surface area contributed by atoms with Crippen molar-refractivity contribution in [2.75, 3.05) is 5.32 Å². The Hall–Kier alpha value is -1.61.